The Balaban J connectivity index is 2.01. The molecule has 0 aliphatic rings. The molecule has 1 heterocycles. The molecule has 0 unspecified atom stereocenters. The first-order valence-corrected chi connectivity index (χ1v) is 6.36. The highest BCUT2D eigenvalue weighted by molar-refractivity contribution is 6.00. The van der Waals surface area contributed by atoms with Crippen molar-refractivity contribution in [1.29, 1.82) is 0 Å². The van der Waals surface area contributed by atoms with Gasteiger partial charge in [0.2, 0.25) is 0 Å². The molecule has 2 rings (SSSR count). The van der Waals surface area contributed by atoms with Gasteiger partial charge < -0.3 is 4.74 Å². The predicted octanol–water partition coefficient (Wildman–Crippen LogP) is 2.84. The smallest absolute Gasteiger partial charge is 0.387 e. The first-order valence-electron chi connectivity index (χ1n) is 6.36. The van der Waals surface area contributed by atoms with Crippen molar-refractivity contribution in [1.82, 2.24) is 10.4 Å². The summed E-state index contributed by atoms with van der Waals surface area (Å²) < 4.78 is 28.4. The highest BCUT2D eigenvalue weighted by Crippen LogP contribution is 2.15. The lowest BCUT2D eigenvalue weighted by Crippen LogP contribution is -2.19. The van der Waals surface area contributed by atoms with Crippen molar-refractivity contribution in [2.24, 2.45) is 5.10 Å². The molecule has 0 fully saturated rings. The molecule has 0 aliphatic carbocycles. The van der Waals surface area contributed by atoms with Crippen LogP contribution in [0.2, 0.25) is 0 Å². The Labute approximate surface area is 125 Å². The van der Waals surface area contributed by atoms with Gasteiger partial charge in [-0.1, -0.05) is 0 Å². The maximum Gasteiger partial charge on any atom is 0.387 e. The molecule has 1 aromatic carbocycles. The molecule has 2 aromatic rings. The Kier molecular flexibility index (Phi) is 5.13. The average Bonchev–Trinajstić information content (AvgIpc) is 2.53. The lowest BCUT2D eigenvalue weighted by atomic mass is 10.1. The van der Waals surface area contributed by atoms with Crippen LogP contribution in [-0.2, 0) is 0 Å². The summed E-state index contributed by atoms with van der Waals surface area (Å²) in [6, 6.07) is 9.11. The maximum absolute atomic E-state index is 12.1. The van der Waals surface area contributed by atoms with Crippen LogP contribution in [0.25, 0.3) is 0 Å². The number of halogens is 2. The van der Waals surface area contributed by atoms with E-state index in [1.165, 1.54) is 24.5 Å². The molecule has 0 bridgehead atoms. The number of nitrogens with zero attached hydrogens (tertiary/aromatic N) is 2. The predicted molar refractivity (Wildman–Crippen MR) is 77.0 cm³/mol. The molecule has 1 aromatic heterocycles. The van der Waals surface area contributed by atoms with Crippen LogP contribution < -0.4 is 10.2 Å². The van der Waals surface area contributed by atoms with Crippen molar-refractivity contribution in [3.05, 3.63) is 59.9 Å². The molecule has 0 spiro atoms. The quantitative estimate of drug-likeness (QED) is 0.682. The summed E-state index contributed by atoms with van der Waals surface area (Å²) >= 11 is 0. The minimum absolute atomic E-state index is 0.0624. The standard InChI is InChI=1S/C15H13F2N3O2/c1-10(11-2-4-13(5-3-11)22-15(16)17)19-20-14(21)12-6-8-18-9-7-12/h2-9,15H,1H3,(H,20,21)/b19-10-. The van der Waals surface area contributed by atoms with Crippen LogP contribution in [0.3, 0.4) is 0 Å². The van der Waals surface area contributed by atoms with Gasteiger partial charge in [0.25, 0.3) is 5.91 Å². The van der Waals surface area contributed by atoms with Gasteiger partial charge in [0.05, 0.1) is 5.71 Å². The fraction of sp³-hybridized carbons (Fsp3) is 0.133. The lowest BCUT2D eigenvalue weighted by molar-refractivity contribution is -0.0498. The van der Waals surface area contributed by atoms with E-state index in [-0.39, 0.29) is 11.7 Å². The van der Waals surface area contributed by atoms with Crippen molar-refractivity contribution in [3.8, 4) is 5.75 Å². The molecule has 1 amide bonds. The van der Waals surface area contributed by atoms with Gasteiger partial charge in [0, 0.05) is 18.0 Å². The van der Waals surface area contributed by atoms with E-state index in [1.54, 1.807) is 31.2 Å². The number of hydrogen-bond acceptors (Lipinski definition) is 4. The van der Waals surface area contributed by atoms with E-state index in [1.807, 2.05) is 0 Å². The third kappa shape index (κ3) is 4.34. The van der Waals surface area contributed by atoms with Gasteiger partial charge in [-0.2, -0.15) is 13.9 Å². The second-order valence-corrected chi connectivity index (χ2v) is 4.28. The number of hydrazone groups is 1. The zero-order valence-electron chi connectivity index (χ0n) is 11.7. The van der Waals surface area contributed by atoms with Gasteiger partial charge in [0.15, 0.2) is 0 Å². The normalized spacial score (nSPS) is 11.4. The van der Waals surface area contributed by atoms with E-state index in [0.29, 0.717) is 16.8 Å². The second kappa shape index (κ2) is 7.26. The highest BCUT2D eigenvalue weighted by Gasteiger charge is 2.06. The molecule has 0 saturated heterocycles. The number of hydrogen-bond donors (Lipinski definition) is 1. The number of rotatable bonds is 5. The van der Waals surface area contributed by atoms with E-state index < -0.39 is 6.61 Å². The van der Waals surface area contributed by atoms with Crippen molar-refractivity contribution in [2.75, 3.05) is 0 Å². The zero-order chi connectivity index (χ0) is 15.9. The van der Waals surface area contributed by atoms with Crippen LogP contribution in [0.15, 0.2) is 53.9 Å². The molecular weight excluding hydrogens is 292 g/mol. The number of carbonyl (C=O) groups is 1. The van der Waals surface area contributed by atoms with Crippen LogP contribution in [0.4, 0.5) is 8.78 Å². The number of pyridine rings is 1. The number of alkyl halides is 2. The van der Waals surface area contributed by atoms with E-state index in [2.05, 4.69) is 20.2 Å². The summed E-state index contributed by atoms with van der Waals surface area (Å²) in [5.74, 6) is -0.299. The number of amides is 1. The minimum atomic E-state index is -2.86. The summed E-state index contributed by atoms with van der Waals surface area (Å²) in [7, 11) is 0. The minimum Gasteiger partial charge on any atom is -0.435 e. The van der Waals surface area contributed by atoms with Gasteiger partial charge in [-0.25, -0.2) is 5.43 Å². The zero-order valence-corrected chi connectivity index (χ0v) is 11.7. The summed E-state index contributed by atoms with van der Waals surface area (Å²) in [6.45, 7) is -1.17. The molecule has 114 valence electrons. The third-order valence-corrected chi connectivity index (χ3v) is 2.76. The fourth-order valence-electron chi connectivity index (χ4n) is 1.64. The van der Waals surface area contributed by atoms with Crippen LogP contribution in [0, 0.1) is 0 Å². The van der Waals surface area contributed by atoms with Gasteiger partial charge >= 0.3 is 6.61 Å². The van der Waals surface area contributed by atoms with Crippen LogP contribution in [-0.4, -0.2) is 23.2 Å². The first-order chi connectivity index (χ1) is 10.6. The third-order valence-electron chi connectivity index (χ3n) is 2.76. The number of benzene rings is 1. The van der Waals surface area contributed by atoms with E-state index in [4.69, 9.17) is 0 Å². The second-order valence-electron chi connectivity index (χ2n) is 4.28. The fourth-order valence-corrected chi connectivity index (χ4v) is 1.64. The van der Waals surface area contributed by atoms with Crippen molar-refractivity contribution < 1.29 is 18.3 Å². The Morgan fingerprint density at radius 3 is 2.36 bits per heavy atom. The molecule has 0 atom stereocenters. The molecule has 7 heteroatoms. The van der Waals surface area contributed by atoms with E-state index >= 15 is 0 Å². The Morgan fingerprint density at radius 2 is 1.77 bits per heavy atom. The number of ether oxygens (including phenoxy) is 1. The van der Waals surface area contributed by atoms with Gasteiger partial charge in [-0.3, -0.25) is 9.78 Å². The van der Waals surface area contributed by atoms with Crippen LogP contribution in [0.5, 0.6) is 5.75 Å². The Hall–Kier alpha value is -2.83. The van der Waals surface area contributed by atoms with Crippen molar-refractivity contribution in [2.45, 2.75) is 13.5 Å². The van der Waals surface area contributed by atoms with Gasteiger partial charge in [-0.15, -0.1) is 0 Å². The highest BCUT2D eigenvalue weighted by atomic mass is 19.3. The van der Waals surface area contributed by atoms with Crippen LogP contribution in [0.1, 0.15) is 22.8 Å². The molecule has 0 radical (unpaired) electrons. The molecule has 0 aliphatic heterocycles. The summed E-state index contributed by atoms with van der Waals surface area (Å²) in [5, 5.41) is 3.97. The van der Waals surface area contributed by atoms with Gasteiger partial charge in [0.1, 0.15) is 5.75 Å². The Bertz CT molecular complexity index is 658. The molecule has 22 heavy (non-hydrogen) atoms. The molecule has 1 N–H and O–H groups in total. The monoisotopic (exact) mass is 305 g/mol. The molecule has 0 saturated carbocycles. The van der Waals surface area contributed by atoms with E-state index in [9.17, 15) is 13.6 Å². The number of carbonyl (C=O) groups excluding carboxylic acids is 1. The van der Waals surface area contributed by atoms with Crippen LogP contribution >= 0.6 is 0 Å². The summed E-state index contributed by atoms with van der Waals surface area (Å²) in [4.78, 5) is 15.6. The largest absolute Gasteiger partial charge is 0.435 e. The molecular formula is C15H13F2N3O2. The summed E-state index contributed by atoms with van der Waals surface area (Å²) in [5.41, 5.74) is 4.06. The number of nitrogens with one attached hydrogen (secondary N) is 1. The molecule has 5 nitrogen and oxygen atoms in total. The summed E-state index contributed by atoms with van der Waals surface area (Å²) in [6.07, 6.45) is 3.01. The SMILES string of the molecule is C/C(=N/NC(=O)c1ccncc1)c1ccc(OC(F)F)cc1. The first kappa shape index (κ1) is 15.6. The van der Waals surface area contributed by atoms with E-state index in [0.717, 1.165) is 0 Å². The Morgan fingerprint density at radius 1 is 1.14 bits per heavy atom. The topological polar surface area (TPSA) is 63.6 Å². The van der Waals surface area contributed by atoms with Crippen molar-refractivity contribution >= 4 is 11.6 Å². The van der Waals surface area contributed by atoms with Crippen molar-refractivity contribution in [3.63, 3.8) is 0 Å². The van der Waals surface area contributed by atoms with Gasteiger partial charge in [-0.05, 0) is 48.9 Å². The average molecular weight is 305 g/mol. The maximum atomic E-state index is 12.1. The lowest BCUT2D eigenvalue weighted by Gasteiger charge is -2.06. The number of aromatic nitrogens is 1.